The van der Waals surface area contributed by atoms with Crippen molar-refractivity contribution < 1.29 is 9.72 Å². The van der Waals surface area contributed by atoms with Gasteiger partial charge in [-0.3, -0.25) is 10.1 Å². The number of hydrogen-bond donors (Lipinski definition) is 2. The minimum Gasteiger partial charge on any atom is -0.336 e. The molecule has 0 aliphatic heterocycles. The number of nitro groups is 1. The maximum Gasteiger partial charge on any atom is 0.319 e. The normalized spacial score (nSPS) is 12.3. The summed E-state index contributed by atoms with van der Waals surface area (Å²) in [6.07, 6.45) is 0. The lowest BCUT2D eigenvalue weighted by Crippen LogP contribution is -2.44. The third-order valence-corrected chi connectivity index (χ3v) is 3.22. The van der Waals surface area contributed by atoms with Crippen LogP contribution in [0.4, 0.5) is 16.2 Å². The zero-order valence-electron chi connectivity index (χ0n) is 12.8. The molecule has 7 nitrogen and oxygen atoms in total. The van der Waals surface area contributed by atoms with E-state index < -0.39 is 4.92 Å². The summed E-state index contributed by atoms with van der Waals surface area (Å²) in [6, 6.07) is 5.70. The minimum absolute atomic E-state index is 0.0545. The van der Waals surface area contributed by atoms with Crippen LogP contribution in [-0.4, -0.2) is 42.5 Å². The Balaban J connectivity index is 2.58. The number of anilines is 1. The lowest BCUT2D eigenvalue weighted by atomic mass is 10.0. The summed E-state index contributed by atoms with van der Waals surface area (Å²) >= 11 is 0. The number of rotatable bonds is 6. The number of nitrogens with zero attached hydrogens (tertiary/aromatic N) is 2. The number of carbonyl (C=O) groups is 1. The molecular weight excluding hydrogens is 272 g/mol. The molecule has 0 saturated heterocycles. The lowest BCUT2D eigenvalue weighted by molar-refractivity contribution is -0.384. The van der Waals surface area contributed by atoms with Crippen LogP contribution in [-0.2, 0) is 0 Å². The van der Waals surface area contributed by atoms with Gasteiger partial charge < -0.3 is 15.5 Å². The molecule has 0 aliphatic carbocycles. The first-order chi connectivity index (χ1) is 9.81. The Labute approximate surface area is 124 Å². The van der Waals surface area contributed by atoms with E-state index in [0.717, 1.165) is 0 Å². The molecule has 0 saturated carbocycles. The van der Waals surface area contributed by atoms with Gasteiger partial charge in [0, 0.05) is 30.4 Å². The maximum absolute atomic E-state index is 11.8. The molecule has 0 heterocycles. The van der Waals surface area contributed by atoms with Crippen LogP contribution < -0.4 is 10.6 Å². The summed E-state index contributed by atoms with van der Waals surface area (Å²) in [5.41, 5.74) is 0.341. The van der Waals surface area contributed by atoms with E-state index in [9.17, 15) is 14.9 Å². The summed E-state index contributed by atoms with van der Waals surface area (Å²) in [5.74, 6) is 0.401. The summed E-state index contributed by atoms with van der Waals surface area (Å²) in [4.78, 5) is 24.1. The largest absolute Gasteiger partial charge is 0.336 e. The molecule has 0 radical (unpaired) electrons. The minimum atomic E-state index is -0.496. The summed E-state index contributed by atoms with van der Waals surface area (Å²) in [5, 5.41) is 16.1. The van der Waals surface area contributed by atoms with E-state index in [4.69, 9.17) is 0 Å². The van der Waals surface area contributed by atoms with Gasteiger partial charge >= 0.3 is 6.03 Å². The molecule has 0 aromatic heterocycles. The van der Waals surface area contributed by atoms with Crippen LogP contribution in [0.15, 0.2) is 24.3 Å². The SMILES string of the molecule is CC(C)[C@H](CNC(=O)Nc1cccc([N+](=O)[O-])c1)N(C)C. The first-order valence-electron chi connectivity index (χ1n) is 6.77. The first-order valence-corrected chi connectivity index (χ1v) is 6.77. The van der Waals surface area contributed by atoms with Crippen molar-refractivity contribution in [3.05, 3.63) is 34.4 Å². The Morgan fingerprint density at radius 3 is 2.57 bits per heavy atom. The second kappa shape index (κ2) is 7.58. The maximum atomic E-state index is 11.8. The molecule has 1 atom stereocenters. The van der Waals surface area contributed by atoms with Crippen LogP contribution in [0, 0.1) is 16.0 Å². The van der Waals surface area contributed by atoms with Gasteiger partial charge in [0.1, 0.15) is 0 Å². The van der Waals surface area contributed by atoms with Crippen molar-refractivity contribution in [1.82, 2.24) is 10.2 Å². The van der Waals surface area contributed by atoms with Gasteiger partial charge in [-0.05, 0) is 26.1 Å². The van der Waals surface area contributed by atoms with Gasteiger partial charge in [0.15, 0.2) is 0 Å². The highest BCUT2D eigenvalue weighted by Crippen LogP contribution is 2.16. The number of hydrogen-bond acceptors (Lipinski definition) is 4. The molecule has 1 aromatic rings. The molecule has 0 aliphatic rings. The quantitative estimate of drug-likeness (QED) is 0.622. The Hall–Kier alpha value is -2.15. The molecule has 1 aromatic carbocycles. The predicted molar refractivity (Wildman–Crippen MR) is 82.4 cm³/mol. The van der Waals surface area contributed by atoms with E-state index in [1.54, 1.807) is 6.07 Å². The lowest BCUT2D eigenvalue weighted by Gasteiger charge is -2.28. The van der Waals surface area contributed by atoms with Crippen molar-refractivity contribution in [2.75, 3.05) is 26.0 Å². The molecule has 1 rings (SSSR count). The van der Waals surface area contributed by atoms with Crippen molar-refractivity contribution >= 4 is 17.4 Å². The third-order valence-electron chi connectivity index (χ3n) is 3.22. The Morgan fingerprint density at radius 2 is 2.05 bits per heavy atom. The number of nitro benzene ring substituents is 1. The first kappa shape index (κ1) is 16.9. The van der Waals surface area contributed by atoms with Crippen molar-refractivity contribution in [2.45, 2.75) is 19.9 Å². The molecule has 116 valence electrons. The van der Waals surface area contributed by atoms with Crippen molar-refractivity contribution in [1.29, 1.82) is 0 Å². The van der Waals surface area contributed by atoms with E-state index in [1.165, 1.54) is 18.2 Å². The molecule has 2 amide bonds. The van der Waals surface area contributed by atoms with Gasteiger partial charge in [-0.2, -0.15) is 0 Å². The molecule has 7 heteroatoms. The molecule has 0 bridgehead atoms. The van der Waals surface area contributed by atoms with Crippen LogP contribution in [0.25, 0.3) is 0 Å². The van der Waals surface area contributed by atoms with Crippen molar-refractivity contribution in [2.24, 2.45) is 5.92 Å². The summed E-state index contributed by atoms with van der Waals surface area (Å²) < 4.78 is 0. The number of nitrogens with one attached hydrogen (secondary N) is 2. The second-order valence-corrected chi connectivity index (χ2v) is 5.42. The fraction of sp³-hybridized carbons (Fsp3) is 0.500. The Bertz CT molecular complexity index is 495. The topological polar surface area (TPSA) is 87.5 Å². The third kappa shape index (κ3) is 5.39. The van der Waals surface area contributed by atoms with Crippen molar-refractivity contribution in [3.63, 3.8) is 0 Å². The monoisotopic (exact) mass is 294 g/mol. The van der Waals surface area contributed by atoms with Crippen molar-refractivity contribution in [3.8, 4) is 0 Å². The number of carbonyl (C=O) groups excluding carboxylic acids is 1. The zero-order valence-corrected chi connectivity index (χ0v) is 12.8. The standard InChI is InChI=1S/C14H22N4O3/c1-10(2)13(17(3)4)9-15-14(19)16-11-6-5-7-12(8-11)18(20)21/h5-8,10,13H,9H2,1-4H3,(H2,15,16,19)/t13-/m0/s1. The van der Waals surface area contributed by atoms with Crippen LogP contribution in [0.1, 0.15) is 13.8 Å². The fourth-order valence-electron chi connectivity index (χ4n) is 2.08. The van der Waals surface area contributed by atoms with E-state index in [2.05, 4.69) is 29.4 Å². The average Bonchev–Trinajstić information content (AvgIpc) is 2.38. The van der Waals surface area contributed by atoms with Crippen LogP contribution in [0.5, 0.6) is 0 Å². The fourth-order valence-corrected chi connectivity index (χ4v) is 2.08. The van der Waals surface area contributed by atoms with E-state index >= 15 is 0 Å². The van der Waals surface area contributed by atoms with Gasteiger partial charge in [0.2, 0.25) is 0 Å². The van der Waals surface area contributed by atoms with Gasteiger partial charge in [-0.15, -0.1) is 0 Å². The smallest absolute Gasteiger partial charge is 0.319 e. The van der Waals surface area contributed by atoms with Crippen LogP contribution >= 0.6 is 0 Å². The van der Waals surface area contributed by atoms with Gasteiger partial charge in [0.05, 0.1) is 4.92 Å². The second-order valence-electron chi connectivity index (χ2n) is 5.42. The molecule has 0 spiro atoms. The number of urea groups is 1. The number of non-ortho nitro benzene ring substituents is 1. The number of amides is 2. The zero-order chi connectivity index (χ0) is 16.0. The molecule has 0 unspecified atom stereocenters. The number of benzene rings is 1. The highest BCUT2D eigenvalue weighted by molar-refractivity contribution is 5.89. The predicted octanol–water partition coefficient (Wildman–Crippen LogP) is 2.30. The van der Waals surface area contributed by atoms with Crippen LogP contribution in [0.3, 0.4) is 0 Å². The highest BCUT2D eigenvalue weighted by atomic mass is 16.6. The average molecular weight is 294 g/mol. The number of likely N-dealkylation sites (N-methyl/N-ethyl adjacent to an activating group) is 1. The van der Waals surface area contributed by atoms with E-state index in [1.807, 2.05) is 14.1 Å². The Kier molecular flexibility index (Phi) is 6.10. The van der Waals surface area contributed by atoms with E-state index in [0.29, 0.717) is 18.2 Å². The molecular formula is C14H22N4O3. The highest BCUT2D eigenvalue weighted by Gasteiger charge is 2.16. The van der Waals surface area contributed by atoms with Crippen LogP contribution in [0.2, 0.25) is 0 Å². The van der Waals surface area contributed by atoms with E-state index in [-0.39, 0.29) is 17.8 Å². The van der Waals surface area contributed by atoms with Gasteiger partial charge in [0.25, 0.3) is 5.69 Å². The Morgan fingerprint density at radius 1 is 1.38 bits per heavy atom. The summed E-state index contributed by atoms with van der Waals surface area (Å²) in [7, 11) is 3.93. The van der Waals surface area contributed by atoms with Gasteiger partial charge in [-0.1, -0.05) is 19.9 Å². The summed E-state index contributed by atoms with van der Waals surface area (Å²) in [6.45, 7) is 4.68. The van der Waals surface area contributed by atoms with Gasteiger partial charge in [-0.25, -0.2) is 4.79 Å². The molecule has 0 fully saturated rings. The molecule has 2 N–H and O–H groups in total. The molecule has 21 heavy (non-hydrogen) atoms.